The van der Waals surface area contributed by atoms with Crippen LogP contribution in [-0.2, 0) is 23.0 Å². The summed E-state index contributed by atoms with van der Waals surface area (Å²) in [5, 5.41) is 0. The Morgan fingerprint density at radius 1 is 0.931 bits per heavy atom. The first-order valence-corrected chi connectivity index (χ1v) is 12.2. The number of hydrogen-bond donors (Lipinski definition) is 1. The third kappa shape index (κ3) is 4.75. The minimum absolute atomic E-state index is 0.132. The minimum Gasteiger partial charge on any atom is -0.453 e. The predicted octanol–water partition coefficient (Wildman–Crippen LogP) is 6.22. The number of hydrogen-bond acceptors (Lipinski definition) is 3. The SMILES string of the molecule is CCCCc1ccc2oc3ccc4cc3-n4c2c1CCCC.CCCS(=O)(=O)O. The van der Waals surface area contributed by atoms with Gasteiger partial charge in [0.2, 0.25) is 0 Å². The quantitative estimate of drug-likeness (QED) is 0.273. The lowest BCUT2D eigenvalue weighted by atomic mass is 9.95. The van der Waals surface area contributed by atoms with E-state index < -0.39 is 10.1 Å². The van der Waals surface area contributed by atoms with Crippen LogP contribution in [0.25, 0.3) is 27.9 Å². The second-order valence-corrected chi connectivity index (χ2v) is 9.20. The standard InChI is InChI=1S/C20H23NO.C3H8O3S/c1-3-5-7-14-9-11-19-20(16(14)8-6-4-2)21-15-10-12-18(22-19)17(21)13-15;1-2-3-7(4,5)6/h9-13H,3-8H2,1-2H3;2-3H2,1H3,(H,4,5,6). The van der Waals surface area contributed by atoms with Crippen LogP contribution in [0, 0.1) is 0 Å². The molecule has 0 aromatic heterocycles. The molecule has 1 N–H and O–H groups in total. The van der Waals surface area contributed by atoms with Gasteiger partial charge in [0.05, 0.1) is 17.0 Å². The second-order valence-electron chi connectivity index (χ2n) is 7.63. The van der Waals surface area contributed by atoms with Crippen molar-refractivity contribution in [3.05, 3.63) is 41.5 Å². The summed E-state index contributed by atoms with van der Waals surface area (Å²) in [6.07, 6.45) is 7.77. The molecule has 5 rings (SSSR count). The molecule has 3 aliphatic rings. The number of aromatic nitrogens is 1. The molecule has 0 saturated heterocycles. The van der Waals surface area contributed by atoms with Crippen molar-refractivity contribution >= 4 is 32.3 Å². The van der Waals surface area contributed by atoms with Crippen molar-refractivity contribution in [2.24, 2.45) is 0 Å². The highest BCUT2D eigenvalue weighted by atomic mass is 32.2. The number of rotatable bonds is 8. The Bertz CT molecular complexity index is 1120. The summed E-state index contributed by atoms with van der Waals surface area (Å²) in [5.74, 6) is -0.132. The Kier molecular flexibility index (Phi) is 6.85. The smallest absolute Gasteiger partial charge is 0.264 e. The number of nitrogens with zero attached hydrogens (tertiary/aromatic N) is 1. The van der Waals surface area contributed by atoms with Gasteiger partial charge in [0, 0.05) is 5.52 Å². The molecule has 0 amide bonds. The van der Waals surface area contributed by atoms with Crippen molar-refractivity contribution in [3.8, 4) is 5.69 Å². The van der Waals surface area contributed by atoms with Crippen molar-refractivity contribution in [2.75, 3.05) is 5.75 Å². The van der Waals surface area contributed by atoms with Gasteiger partial charge >= 0.3 is 0 Å². The third-order valence-electron chi connectivity index (χ3n) is 5.27. The topological polar surface area (TPSA) is 72.4 Å². The van der Waals surface area contributed by atoms with E-state index in [2.05, 4.69) is 48.7 Å². The number of fused-ring (bicyclic) bond motifs is 2. The zero-order chi connectivity index (χ0) is 21.0. The van der Waals surface area contributed by atoms with E-state index >= 15 is 0 Å². The molecule has 6 heteroatoms. The van der Waals surface area contributed by atoms with E-state index in [0.29, 0.717) is 6.42 Å². The van der Waals surface area contributed by atoms with E-state index in [1.165, 1.54) is 60.0 Å². The average molecular weight is 418 g/mol. The first kappa shape index (κ1) is 21.7. The van der Waals surface area contributed by atoms with Gasteiger partial charge in [0.15, 0.2) is 11.2 Å². The van der Waals surface area contributed by atoms with Crippen LogP contribution in [0.1, 0.15) is 64.0 Å². The van der Waals surface area contributed by atoms with Crippen molar-refractivity contribution in [2.45, 2.75) is 65.7 Å². The Morgan fingerprint density at radius 2 is 1.62 bits per heavy atom. The maximum absolute atomic E-state index is 9.79. The van der Waals surface area contributed by atoms with Crippen molar-refractivity contribution in [1.29, 1.82) is 0 Å². The van der Waals surface area contributed by atoms with E-state index in [1.54, 1.807) is 6.92 Å². The molecule has 3 aliphatic heterocycles. The summed E-state index contributed by atoms with van der Waals surface area (Å²) in [4.78, 5) is 0. The zero-order valence-electron chi connectivity index (χ0n) is 17.6. The van der Waals surface area contributed by atoms with Crippen LogP contribution in [0.4, 0.5) is 0 Å². The van der Waals surface area contributed by atoms with E-state index in [9.17, 15) is 8.42 Å². The molecule has 0 spiro atoms. The van der Waals surface area contributed by atoms with E-state index in [1.807, 2.05) is 0 Å². The van der Waals surface area contributed by atoms with Crippen LogP contribution in [0.5, 0.6) is 0 Å². The van der Waals surface area contributed by atoms with Gasteiger partial charge in [0.1, 0.15) is 0 Å². The molecule has 5 nitrogen and oxygen atoms in total. The highest BCUT2D eigenvalue weighted by Crippen LogP contribution is 2.38. The average Bonchev–Trinajstić information content (AvgIpc) is 2.65. The Labute approximate surface area is 173 Å². The summed E-state index contributed by atoms with van der Waals surface area (Å²) in [5.41, 5.74) is 8.87. The minimum atomic E-state index is -3.67. The van der Waals surface area contributed by atoms with E-state index in [-0.39, 0.29) is 5.75 Å². The van der Waals surface area contributed by atoms with Crippen LogP contribution < -0.4 is 0 Å². The number of pyridine rings is 1. The van der Waals surface area contributed by atoms with Gasteiger partial charge in [-0.15, -0.1) is 0 Å². The van der Waals surface area contributed by atoms with Crippen LogP contribution >= 0.6 is 0 Å². The molecule has 2 aromatic carbocycles. The lowest BCUT2D eigenvalue weighted by Gasteiger charge is -2.25. The molecule has 0 radical (unpaired) electrons. The number of aryl methyl sites for hydroxylation is 2. The summed E-state index contributed by atoms with van der Waals surface area (Å²) in [7, 11) is -3.67. The fourth-order valence-corrected chi connectivity index (χ4v) is 4.34. The summed E-state index contributed by atoms with van der Waals surface area (Å²) in [6, 6.07) is 10.9. The number of unbranched alkanes of at least 4 members (excludes halogenated alkanes) is 2. The highest BCUT2D eigenvalue weighted by Gasteiger charge is 2.21. The Morgan fingerprint density at radius 3 is 2.21 bits per heavy atom. The monoisotopic (exact) mass is 417 g/mol. The van der Waals surface area contributed by atoms with Crippen LogP contribution in [-0.4, -0.2) is 23.3 Å². The molecular weight excluding hydrogens is 386 g/mol. The molecule has 4 bridgehead atoms. The maximum Gasteiger partial charge on any atom is 0.264 e. The van der Waals surface area contributed by atoms with Crippen molar-refractivity contribution in [3.63, 3.8) is 0 Å². The molecule has 29 heavy (non-hydrogen) atoms. The summed E-state index contributed by atoms with van der Waals surface area (Å²) in [6.45, 7) is 6.22. The predicted molar refractivity (Wildman–Crippen MR) is 119 cm³/mol. The largest absolute Gasteiger partial charge is 0.453 e. The zero-order valence-corrected chi connectivity index (χ0v) is 18.4. The van der Waals surface area contributed by atoms with Crippen LogP contribution in [0.15, 0.2) is 34.7 Å². The fraction of sp³-hybridized carbons (Fsp3) is 0.478. The van der Waals surface area contributed by atoms with Gasteiger partial charge in [-0.2, -0.15) is 8.42 Å². The molecule has 2 aromatic rings. The highest BCUT2D eigenvalue weighted by molar-refractivity contribution is 7.85. The van der Waals surface area contributed by atoms with Crippen molar-refractivity contribution in [1.82, 2.24) is 4.57 Å². The second kappa shape index (κ2) is 9.18. The lowest BCUT2D eigenvalue weighted by molar-refractivity contribution is 0.482. The van der Waals surface area contributed by atoms with E-state index in [0.717, 1.165) is 17.6 Å². The van der Waals surface area contributed by atoms with Gasteiger partial charge in [-0.05, 0) is 67.5 Å². The molecule has 0 saturated carbocycles. The normalized spacial score (nSPS) is 12.1. The number of benzene rings is 2. The molecule has 0 fully saturated rings. The van der Waals surface area contributed by atoms with Crippen LogP contribution in [0.3, 0.4) is 0 Å². The molecule has 3 heterocycles. The molecular formula is C23H31NO4S. The van der Waals surface area contributed by atoms with Gasteiger partial charge in [0.25, 0.3) is 10.1 Å². The maximum atomic E-state index is 9.79. The fourth-order valence-electron chi connectivity index (χ4n) is 3.82. The van der Waals surface area contributed by atoms with E-state index in [4.69, 9.17) is 8.97 Å². The summed E-state index contributed by atoms with van der Waals surface area (Å²) < 4.78 is 36.1. The Hall–Kier alpha value is -2.05. The molecule has 158 valence electrons. The lowest BCUT2D eigenvalue weighted by Crippen LogP contribution is -2.11. The Balaban J connectivity index is 0.000000298. The third-order valence-corrected chi connectivity index (χ3v) is 6.19. The summed E-state index contributed by atoms with van der Waals surface area (Å²) >= 11 is 0. The molecule has 0 aliphatic carbocycles. The molecule has 0 atom stereocenters. The van der Waals surface area contributed by atoms with Crippen molar-refractivity contribution < 1.29 is 17.4 Å². The van der Waals surface area contributed by atoms with Gasteiger partial charge in [-0.3, -0.25) is 4.55 Å². The van der Waals surface area contributed by atoms with Gasteiger partial charge < -0.3 is 8.98 Å². The van der Waals surface area contributed by atoms with Gasteiger partial charge in [-0.1, -0.05) is 39.7 Å². The van der Waals surface area contributed by atoms with Gasteiger partial charge in [-0.25, -0.2) is 0 Å². The molecule has 0 unspecified atom stereocenters. The first-order chi connectivity index (χ1) is 13.9. The van der Waals surface area contributed by atoms with Crippen LogP contribution in [0.2, 0.25) is 0 Å². The first-order valence-electron chi connectivity index (χ1n) is 10.6.